The fourth-order valence-corrected chi connectivity index (χ4v) is 1.25. The monoisotopic (exact) mass is 224 g/mol. The SMILES string of the molecule is Cc1[nH]ncc1CNCC(=O)NCC(C)C. The van der Waals surface area contributed by atoms with Gasteiger partial charge in [0.25, 0.3) is 0 Å². The maximum Gasteiger partial charge on any atom is 0.233 e. The molecule has 0 spiro atoms. The van der Waals surface area contributed by atoms with Crippen molar-refractivity contribution in [3.05, 3.63) is 17.5 Å². The largest absolute Gasteiger partial charge is 0.355 e. The van der Waals surface area contributed by atoms with E-state index in [9.17, 15) is 4.79 Å². The molecule has 0 bridgehead atoms. The van der Waals surface area contributed by atoms with Gasteiger partial charge in [0.05, 0.1) is 12.7 Å². The van der Waals surface area contributed by atoms with E-state index in [1.165, 1.54) is 0 Å². The third kappa shape index (κ3) is 4.44. The normalized spacial score (nSPS) is 10.8. The Morgan fingerprint density at radius 1 is 1.56 bits per heavy atom. The Morgan fingerprint density at radius 3 is 2.88 bits per heavy atom. The summed E-state index contributed by atoms with van der Waals surface area (Å²) in [6, 6.07) is 0. The molecule has 0 saturated heterocycles. The summed E-state index contributed by atoms with van der Waals surface area (Å²) in [5.41, 5.74) is 2.13. The first-order valence-corrected chi connectivity index (χ1v) is 5.56. The molecule has 0 aliphatic rings. The number of hydrogen-bond acceptors (Lipinski definition) is 3. The Morgan fingerprint density at radius 2 is 2.31 bits per heavy atom. The average Bonchev–Trinajstić information content (AvgIpc) is 2.61. The third-order valence-corrected chi connectivity index (χ3v) is 2.24. The quantitative estimate of drug-likeness (QED) is 0.662. The summed E-state index contributed by atoms with van der Waals surface area (Å²) in [5, 5.41) is 12.7. The summed E-state index contributed by atoms with van der Waals surface area (Å²) >= 11 is 0. The number of nitrogens with zero attached hydrogens (tertiary/aromatic N) is 1. The lowest BCUT2D eigenvalue weighted by molar-refractivity contribution is -0.120. The average molecular weight is 224 g/mol. The summed E-state index contributed by atoms with van der Waals surface area (Å²) in [7, 11) is 0. The molecule has 16 heavy (non-hydrogen) atoms. The highest BCUT2D eigenvalue weighted by Gasteiger charge is 2.03. The predicted octanol–water partition coefficient (Wildman–Crippen LogP) is 0.580. The Bertz CT molecular complexity index is 332. The second-order valence-corrected chi connectivity index (χ2v) is 4.32. The van der Waals surface area contributed by atoms with Gasteiger partial charge in [0.15, 0.2) is 0 Å². The minimum atomic E-state index is 0.0369. The summed E-state index contributed by atoms with van der Waals surface area (Å²) < 4.78 is 0. The van der Waals surface area contributed by atoms with Crippen molar-refractivity contribution in [2.45, 2.75) is 27.3 Å². The van der Waals surface area contributed by atoms with Crippen molar-refractivity contribution in [3.63, 3.8) is 0 Å². The summed E-state index contributed by atoms with van der Waals surface area (Å²) in [6.45, 7) is 7.84. The first kappa shape index (κ1) is 12.7. The van der Waals surface area contributed by atoms with Gasteiger partial charge in [-0.15, -0.1) is 0 Å². The molecule has 90 valence electrons. The second kappa shape index (κ2) is 6.27. The lowest BCUT2D eigenvalue weighted by Crippen LogP contribution is -2.35. The zero-order valence-electron chi connectivity index (χ0n) is 10.1. The molecule has 1 aromatic rings. The molecular weight excluding hydrogens is 204 g/mol. The zero-order valence-corrected chi connectivity index (χ0v) is 10.1. The summed E-state index contributed by atoms with van der Waals surface area (Å²) in [4.78, 5) is 11.4. The molecule has 5 nitrogen and oxygen atoms in total. The standard InChI is InChI=1S/C11H20N4O/c1-8(2)4-13-11(16)7-12-5-10-6-14-15-9(10)3/h6,8,12H,4-5,7H2,1-3H3,(H,13,16)(H,14,15). The van der Waals surface area contributed by atoms with E-state index < -0.39 is 0 Å². The van der Waals surface area contributed by atoms with E-state index in [0.717, 1.165) is 17.8 Å². The lowest BCUT2D eigenvalue weighted by Gasteiger charge is -2.08. The van der Waals surface area contributed by atoms with E-state index in [1.54, 1.807) is 6.20 Å². The van der Waals surface area contributed by atoms with Crippen LogP contribution in [0.2, 0.25) is 0 Å². The van der Waals surface area contributed by atoms with Gasteiger partial charge >= 0.3 is 0 Å². The Labute approximate surface area is 96.0 Å². The second-order valence-electron chi connectivity index (χ2n) is 4.32. The minimum Gasteiger partial charge on any atom is -0.355 e. The molecule has 1 aromatic heterocycles. The van der Waals surface area contributed by atoms with Gasteiger partial charge in [-0.25, -0.2) is 0 Å². The number of carbonyl (C=O) groups excluding carboxylic acids is 1. The zero-order chi connectivity index (χ0) is 12.0. The van der Waals surface area contributed by atoms with E-state index in [1.807, 2.05) is 6.92 Å². The Kier molecular flexibility index (Phi) is 4.98. The number of carbonyl (C=O) groups is 1. The third-order valence-electron chi connectivity index (χ3n) is 2.24. The van der Waals surface area contributed by atoms with Crippen molar-refractivity contribution >= 4 is 5.91 Å². The van der Waals surface area contributed by atoms with Crippen LogP contribution >= 0.6 is 0 Å². The van der Waals surface area contributed by atoms with E-state index in [-0.39, 0.29) is 5.91 Å². The Hall–Kier alpha value is -1.36. The van der Waals surface area contributed by atoms with Crippen LogP contribution in [-0.2, 0) is 11.3 Å². The molecule has 1 rings (SSSR count). The number of amides is 1. The number of hydrogen-bond donors (Lipinski definition) is 3. The summed E-state index contributed by atoms with van der Waals surface area (Å²) in [6.07, 6.45) is 1.77. The maximum absolute atomic E-state index is 11.4. The van der Waals surface area contributed by atoms with E-state index in [2.05, 4.69) is 34.7 Å². The molecule has 0 radical (unpaired) electrons. The van der Waals surface area contributed by atoms with Crippen LogP contribution in [0.1, 0.15) is 25.1 Å². The molecule has 0 atom stereocenters. The number of rotatable bonds is 6. The smallest absolute Gasteiger partial charge is 0.233 e. The van der Waals surface area contributed by atoms with Crippen LogP contribution < -0.4 is 10.6 Å². The molecule has 0 fully saturated rings. The van der Waals surface area contributed by atoms with Gasteiger partial charge in [0.1, 0.15) is 0 Å². The van der Waals surface area contributed by atoms with E-state index in [0.29, 0.717) is 19.0 Å². The number of nitrogens with one attached hydrogen (secondary N) is 3. The number of H-pyrrole nitrogens is 1. The highest BCUT2D eigenvalue weighted by Crippen LogP contribution is 2.00. The molecule has 0 unspecified atom stereocenters. The van der Waals surface area contributed by atoms with Crippen molar-refractivity contribution in [2.24, 2.45) is 5.92 Å². The number of aryl methyl sites for hydroxylation is 1. The topological polar surface area (TPSA) is 69.8 Å². The minimum absolute atomic E-state index is 0.0369. The first-order valence-electron chi connectivity index (χ1n) is 5.56. The molecule has 0 saturated carbocycles. The first-order chi connectivity index (χ1) is 7.59. The lowest BCUT2D eigenvalue weighted by atomic mass is 10.2. The predicted molar refractivity (Wildman–Crippen MR) is 62.9 cm³/mol. The van der Waals surface area contributed by atoms with Gasteiger partial charge in [0.2, 0.25) is 5.91 Å². The van der Waals surface area contributed by atoms with Gasteiger partial charge in [-0.1, -0.05) is 13.8 Å². The fourth-order valence-electron chi connectivity index (χ4n) is 1.25. The van der Waals surface area contributed by atoms with Crippen molar-refractivity contribution in [3.8, 4) is 0 Å². The highest BCUT2D eigenvalue weighted by molar-refractivity contribution is 5.77. The van der Waals surface area contributed by atoms with Crippen molar-refractivity contribution < 1.29 is 4.79 Å². The van der Waals surface area contributed by atoms with Gasteiger partial charge in [-0.2, -0.15) is 5.10 Å². The van der Waals surface area contributed by atoms with Crippen LogP contribution in [-0.4, -0.2) is 29.2 Å². The summed E-state index contributed by atoms with van der Waals surface area (Å²) in [5.74, 6) is 0.523. The van der Waals surface area contributed by atoms with Gasteiger partial charge in [-0.3, -0.25) is 9.89 Å². The molecule has 0 aliphatic heterocycles. The Balaban J connectivity index is 2.16. The van der Waals surface area contributed by atoms with Crippen molar-refractivity contribution in [1.29, 1.82) is 0 Å². The van der Waals surface area contributed by atoms with E-state index >= 15 is 0 Å². The molecule has 3 N–H and O–H groups in total. The van der Waals surface area contributed by atoms with Gasteiger partial charge in [0, 0.05) is 24.3 Å². The molecular formula is C11H20N4O. The van der Waals surface area contributed by atoms with Crippen molar-refractivity contribution in [2.75, 3.05) is 13.1 Å². The van der Waals surface area contributed by atoms with Gasteiger partial charge < -0.3 is 10.6 Å². The van der Waals surface area contributed by atoms with Crippen LogP contribution in [0.15, 0.2) is 6.20 Å². The number of aromatic nitrogens is 2. The molecule has 5 heteroatoms. The molecule has 0 aliphatic carbocycles. The fraction of sp³-hybridized carbons (Fsp3) is 0.636. The highest BCUT2D eigenvalue weighted by atomic mass is 16.1. The van der Waals surface area contributed by atoms with E-state index in [4.69, 9.17) is 0 Å². The van der Waals surface area contributed by atoms with Gasteiger partial charge in [-0.05, 0) is 12.8 Å². The van der Waals surface area contributed by atoms with Crippen LogP contribution in [0.3, 0.4) is 0 Å². The molecule has 0 aromatic carbocycles. The number of aromatic amines is 1. The van der Waals surface area contributed by atoms with Crippen LogP contribution in [0.4, 0.5) is 0 Å². The molecule has 1 heterocycles. The van der Waals surface area contributed by atoms with Crippen LogP contribution in [0, 0.1) is 12.8 Å². The maximum atomic E-state index is 11.4. The molecule has 1 amide bonds. The van der Waals surface area contributed by atoms with Crippen LogP contribution in [0.5, 0.6) is 0 Å². The van der Waals surface area contributed by atoms with Crippen LogP contribution in [0.25, 0.3) is 0 Å². The van der Waals surface area contributed by atoms with Crippen molar-refractivity contribution in [1.82, 2.24) is 20.8 Å².